The highest BCUT2D eigenvalue weighted by Crippen LogP contribution is 2.49. The molecule has 2 heterocycles. The van der Waals surface area contributed by atoms with E-state index in [2.05, 4.69) is 11.0 Å². The van der Waals surface area contributed by atoms with Gasteiger partial charge in [-0.05, 0) is 49.9 Å². The van der Waals surface area contributed by atoms with Crippen LogP contribution in [0.5, 0.6) is 0 Å². The van der Waals surface area contributed by atoms with Crippen LogP contribution in [0.15, 0.2) is 30.3 Å². The molecule has 0 amide bonds. The highest BCUT2D eigenvalue weighted by atomic mass is 32.2. The third kappa shape index (κ3) is 3.66. The van der Waals surface area contributed by atoms with Gasteiger partial charge in [0.1, 0.15) is 5.82 Å². The van der Waals surface area contributed by atoms with Gasteiger partial charge in [-0.2, -0.15) is 0 Å². The lowest BCUT2D eigenvalue weighted by molar-refractivity contribution is 0.122. The van der Waals surface area contributed by atoms with Gasteiger partial charge in [-0.25, -0.2) is 9.97 Å². The number of aromatic nitrogens is 2. The minimum atomic E-state index is -0.881. The number of ether oxygens (including phenoxy) is 1. The van der Waals surface area contributed by atoms with Gasteiger partial charge in [0.2, 0.25) is 0 Å². The molecule has 3 aliphatic rings. The summed E-state index contributed by atoms with van der Waals surface area (Å²) in [6.07, 6.45) is 6.31. The van der Waals surface area contributed by atoms with Crippen molar-refractivity contribution < 1.29 is 8.95 Å². The largest absolute Gasteiger partial charge is 0.399 e. The van der Waals surface area contributed by atoms with E-state index in [-0.39, 0.29) is 4.75 Å². The molecule has 6 nitrogen and oxygen atoms in total. The summed E-state index contributed by atoms with van der Waals surface area (Å²) in [5, 5.41) is 0.342. The van der Waals surface area contributed by atoms with Crippen LogP contribution >= 0.6 is 0 Å². The third-order valence-corrected chi connectivity index (χ3v) is 8.77. The van der Waals surface area contributed by atoms with Crippen molar-refractivity contribution in [1.82, 2.24) is 9.97 Å². The second-order valence-corrected chi connectivity index (χ2v) is 10.4. The smallest absolute Gasteiger partial charge is 0.161 e. The van der Waals surface area contributed by atoms with E-state index in [4.69, 9.17) is 20.4 Å². The van der Waals surface area contributed by atoms with Crippen molar-refractivity contribution in [3.05, 3.63) is 36.0 Å². The van der Waals surface area contributed by atoms with Crippen LogP contribution < -0.4 is 10.6 Å². The highest BCUT2D eigenvalue weighted by molar-refractivity contribution is 7.87. The molecule has 2 aliphatic carbocycles. The SMILES string of the molecule is Nc1ccc(-c2nc(N3CCOCC3)cc(C3(S(=O)C4CC4)CCCC3)n2)cc1. The molecule has 2 N–H and O–H groups in total. The molecule has 1 unspecified atom stereocenters. The maximum atomic E-state index is 13.5. The van der Waals surface area contributed by atoms with E-state index in [1.54, 1.807) is 0 Å². The van der Waals surface area contributed by atoms with E-state index in [0.29, 0.717) is 24.3 Å². The Kier molecular flexibility index (Phi) is 5.04. The van der Waals surface area contributed by atoms with Crippen LogP contribution in [0.3, 0.4) is 0 Å². The summed E-state index contributed by atoms with van der Waals surface area (Å²) in [6.45, 7) is 3.04. The molecule has 5 rings (SSSR count). The number of anilines is 2. The monoisotopic (exact) mass is 412 g/mol. The Morgan fingerprint density at radius 2 is 1.76 bits per heavy atom. The van der Waals surface area contributed by atoms with Gasteiger partial charge < -0.3 is 15.4 Å². The predicted octanol–water partition coefficient (Wildman–Crippen LogP) is 3.24. The maximum absolute atomic E-state index is 13.5. The van der Waals surface area contributed by atoms with Crippen LogP contribution in [0, 0.1) is 0 Å². The molecule has 29 heavy (non-hydrogen) atoms. The average Bonchev–Trinajstić information content (AvgIpc) is 3.50. The minimum Gasteiger partial charge on any atom is -0.399 e. The van der Waals surface area contributed by atoms with Gasteiger partial charge in [0.05, 0.1) is 23.7 Å². The molecule has 1 aromatic carbocycles. The molecule has 1 atom stereocenters. The Morgan fingerprint density at radius 3 is 2.41 bits per heavy atom. The first-order valence-corrected chi connectivity index (χ1v) is 11.9. The third-order valence-electron chi connectivity index (χ3n) is 6.31. The Balaban J connectivity index is 1.62. The number of nitrogens with zero attached hydrogens (tertiary/aromatic N) is 3. The molecule has 0 bridgehead atoms. The van der Waals surface area contributed by atoms with Crippen molar-refractivity contribution in [2.45, 2.75) is 48.5 Å². The molecule has 3 fully saturated rings. The minimum absolute atomic E-state index is 0.326. The van der Waals surface area contributed by atoms with E-state index in [9.17, 15) is 4.21 Å². The summed E-state index contributed by atoms with van der Waals surface area (Å²) >= 11 is 0. The Labute approximate surface area is 174 Å². The zero-order chi connectivity index (χ0) is 19.8. The highest BCUT2D eigenvalue weighted by Gasteiger charge is 2.48. The lowest BCUT2D eigenvalue weighted by Crippen LogP contribution is -2.38. The molecule has 0 spiro atoms. The zero-order valence-corrected chi connectivity index (χ0v) is 17.5. The van der Waals surface area contributed by atoms with Crippen molar-refractivity contribution >= 4 is 22.3 Å². The summed E-state index contributed by atoms with van der Waals surface area (Å²) < 4.78 is 18.7. The molecule has 1 saturated heterocycles. The first-order valence-electron chi connectivity index (χ1n) is 10.6. The number of benzene rings is 1. The van der Waals surface area contributed by atoms with Crippen molar-refractivity contribution in [2.75, 3.05) is 36.9 Å². The number of morpholine rings is 1. The summed E-state index contributed by atoms with van der Waals surface area (Å²) in [4.78, 5) is 12.2. The normalized spacial score (nSPS) is 22.6. The second kappa shape index (κ2) is 7.69. The van der Waals surface area contributed by atoms with Crippen molar-refractivity contribution in [3.8, 4) is 11.4 Å². The van der Waals surface area contributed by atoms with Crippen molar-refractivity contribution in [1.29, 1.82) is 0 Å². The summed E-state index contributed by atoms with van der Waals surface area (Å²) in [7, 11) is -0.881. The maximum Gasteiger partial charge on any atom is 0.161 e. The van der Waals surface area contributed by atoms with Crippen molar-refractivity contribution in [3.63, 3.8) is 0 Å². The Hall–Kier alpha value is -1.99. The van der Waals surface area contributed by atoms with Gasteiger partial charge in [0.25, 0.3) is 0 Å². The lowest BCUT2D eigenvalue weighted by atomic mass is 10.0. The van der Waals surface area contributed by atoms with Gasteiger partial charge >= 0.3 is 0 Å². The quantitative estimate of drug-likeness (QED) is 0.760. The van der Waals surface area contributed by atoms with Crippen LogP contribution in [0.4, 0.5) is 11.5 Å². The summed E-state index contributed by atoms with van der Waals surface area (Å²) in [6, 6.07) is 9.81. The number of hydrogen-bond donors (Lipinski definition) is 1. The van der Waals surface area contributed by atoms with E-state index in [1.807, 2.05) is 24.3 Å². The zero-order valence-electron chi connectivity index (χ0n) is 16.7. The Morgan fingerprint density at radius 1 is 1.07 bits per heavy atom. The van der Waals surface area contributed by atoms with E-state index >= 15 is 0 Å². The van der Waals surface area contributed by atoms with Crippen molar-refractivity contribution in [2.24, 2.45) is 0 Å². The van der Waals surface area contributed by atoms with E-state index < -0.39 is 10.8 Å². The molecule has 2 saturated carbocycles. The second-order valence-electron chi connectivity index (χ2n) is 8.35. The summed E-state index contributed by atoms with van der Waals surface area (Å²) in [5.41, 5.74) is 8.51. The lowest BCUT2D eigenvalue weighted by Gasteiger charge is -2.32. The number of nitrogens with two attached hydrogens (primary N) is 1. The first-order chi connectivity index (χ1) is 14.2. The van der Waals surface area contributed by atoms with Crippen LogP contribution in [0.2, 0.25) is 0 Å². The topological polar surface area (TPSA) is 81.3 Å². The van der Waals surface area contributed by atoms with E-state index in [1.165, 1.54) is 0 Å². The number of hydrogen-bond acceptors (Lipinski definition) is 6. The number of nitrogen functional groups attached to an aromatic ring is 1. The standard InChI is InChI=1S/C22H28N4O2S/c23-17-5-3-16(4-6-17)21-24-19(15-20(25-21)26-11-13-28-14-12-26)22(9-1-2-10-22)29(27)18-7-8-18/h3-6,15,18H,1-2,7-14,23H2. The van der Waals surface area contributed by atoms with Gasteiger partial charge in [-0.1, -0.05) is 12.8 Å². The predicted molar refractivity (Wildman–Crippen MR) is 116 cm³/mol. The molecule has 2 aromatic rings. The van der Waals surface area contributed by atoms with Gasteiger partial charge in [-0.3, -0.25) is 4.21 Å². The molecule has 1 aromatic heterocycles. The van der Waals surface area contributed by atoms with Gasteiger partial charge in [0, 0.05) is 46.5 Å². The van der Waals surface area contributed by atoms with Gasteiger partial charge in [0.15, 0.2) is 5.82 Å². The van der Waals surface area contributed by atoms with Crippen LogP contribution in [0.25, 0.3) is 11.4 Å². The molecular formula is C22H28N4O2S. The Bertz CT molecular complexity index is 902. The number of rotatable bonds is 5. The van der Waals surface area contributed by atoms with Gasteiger partial charge in [-0.15, -0.1) is 0 Å². The fourth-order valence-corrected chi connectivity index (χ4v) is 6.70. The molecular weight excluding hydrogens is 384 g/mol. The molecule has 154 valence electrons. The first kappa shape index (κ1) is 19.0. The fourth-order valence-electron chi connectivity index (χ4n) is 4.49. The van der Waals surface area contributed by atoms with Crippen LogP contribution in [-0.4, -0.2) is 45.7 Å². The average molecular weight is 413 g/mol. The van der Waals surface area contributed by atoms with Crippen LogP contribution in [0.1, 0.15) is 44.2 Å². The summed E-state index contributed by atoms with van der Waals surface area (Å²) in [5.74, 6) is 1.62. The van der Waals surface area contributed by atoms with Crippen LogP contribution in [-0.2, 0) is 20.3 Å². The molecule has 7 heteroatoms. The fraction of sp³-hybridized carbons (Fsp3) is 0.545. The van der Waals surface area contributed by atoms with E-state index in [0.717, 1.165) is 74.4 Å². The molecule has 1 aliphatic heterocycles. The molecule has 0 radical (unpaired) electrons.